The third-order valence-electron chi connectivity index (χ3n) is 1.70. The molecule has 13 heavy (non-hydrogen) atoms. The molecule has 0 amide bonds. The Labute approximate surface area is 81.4 Å². The van der Waals surface area contributed by atoms with Crippen LogP contribution in [0.15, 0.2) is 24.3 Å². The van der Waals surface area contributed by atoms with Crippen molar-refractivity contribution in [3.8, 4) is 0 Å². The maximum Gasteiger partial charge on any atom is 0.327 e. The number of nitrogens with two attached hydrogens (primary N) is 1. The van der Waals surface area contributed by atoms with Gasteiger partial charge in [0.25, 0.3) is 0 Å². The molecule has 0 saturated heterocycles. The number of rotatable bonds is 2. The van der Waals surface area contributed by atoms with E-state index < -0.39 is 12.0 Å². The van der Waals surface area contributed by atoms with Crippen LogP contribution in [0.2, 0.25) is 5.02 Å². The number of ether oxygens (including phenoxy) is 1. The van der Waals surface area contributed by atoms with Crippen molar-refractivity contribution in [1.82, 2.24) is 0 Å². The summed E-state index contributed by atoms with van der Waals surface area (Å²) < 4.78 is 4.50. The molecule has 0 saturated carbocycles. The largest absolute Gasteiger partial charge is 0.468 e. The Kier molecular flexibility index (Phi) is 3.28. The molecule has 1 unspecified atom stereocenters. The molecule has 3 nitrogen and oxygen atoms in total. The predicted octanol–water partition coefficient (Wildman–Crippen LogP) is 1.51. The molecule has 1 rings (SSSR count). The molecule has 0 heterocycles. The van der Waals surface area contributed by atoms with Gasteiger partial charge in [-0.1, -0.05) is 29.8 Å². The minimum absolute atomic E-state index is 0.473. The maximum atomic E-state index is 11.1. The number of benzene rings is 1. The third-order valence-corrected chi connectivity index (χ3v) is 2.04. The first kappa shape index (κ1) is 10.0. The van der Waals surface area contributed by atoms with Gasteiger partial charge in [-0.25, -0.2) is 0 Å². The Morgan fingerprint density at radius 3 is 2.69 bits per heavy atom. The minimum Gasteiger partial charge on any atom is -0.468 e. The van der Waals surface area contributed by atoms with Crippen LogP contribution in [0.3, 0.4) is 0 Å². The van der Waals surface area contributed by atoms with Crippen LogP contribution in [0.5, 0.6) is 0 Å². The van der Waals surface area contributed by atoms with Gasteiger partial charge in [-0.15, -0.1) is 0 Å². The van der Waals surface area contributed by atoms with Gasteiger partial charge in [-0.2, -0.15) is 0 Å². The molecule has 1 aromatic carbocycles. The van der Waals surface area contributed by atoms with Gasteiger partial charge in [0, 0.05) is 5.02 Å². The van der Waals surface area contributed by atoms with Crippen molar-refractivity contribution in [3.63, 3.8) is 0 Å². The molecule has 1 aromatic rings. The van der Waals surface area contributed by atoms with E-state index in [9.17, 15) is 4.79 Å². The monoisotopic (exact) mass is 199 g/mol. The Morgan fingerprint density at radius 2 is 2.15 bits per heavy atom. The highest BCUT2D eigenvalue weighted by molar-refractivity contribution is 6.31. The van der Waals surface area contributed by atoms with E-state index in [1.54, 1.807) is 24.3 Å². The predicted molar refractivity (Wildman–Crippen MR) is 50.4 cm³/mol. The highest BCUT2D eigenvalue weighted by Gasteiger charge is 2.17. The molecule has 0 aliphatic rings. The summed E-state index contributed by atoms with van der Waals surface area (Å²) in [6.07, 6.45) is 0. The van der Waals surface area contributed by atoms with Gasteiger partial charge in [-0.05, 0) is 11.6 Å². The molecule has 0 bridgehead atoms. The molecule has 0 aliphatic heterocycles. The Balaban J connectivity index is 2.95. The lowest BCUT2D eigenvalue weighted by atomic mass is 10.1. The summed E-state index contributed by atoms with van der Waals surface area (Å²) in [5.74, 6) is -0.492. The smallest absolute Gasteiger partial charge is 0.327 e. The highest BCUT2D eigenvalue weighted by atomic mass is 35.5. The van der Waals surface area contributed by atoms with Crippen LogP contribution in [0.1, 0.15) is 11.6 Å². The highest BCUT2D eigenvalue weighted by Crippen LogP contribution is 2.21. The van der Waals surface area contributed by atoms with Crippen molar-refractivity contribution in [2.75, 3.05) is 7.11 Å². The van der Waals surface area contributed by atoms with Crippen molar-refractivity contribution in [1.29, 1.82) is 0 Å². The molecule has 0 fully saturated rings. The summed E-state index contributed by atoms with van der Waals surface area (Å²) in [7, 11) is 1.29. The van der Waals surface area contributed by atoms with Crippen LogP contribution in [-0.4, -0.2) is 13.1 Å². The van der Waals surface area contributed by atoms with E-state index in [1.165, 1.54) is 7.11 Å². The molecule has 0 aromatic heterocycles. The number of carbonyl (C=O) groups excluding carboxylic acids is 1. The lowest BCUT2D eigenvalue weighted by molar-refractivity contribution is -0.142. The van der Waals surface area contributed by atoms with Crippen LogP contribution >= 0.6 is 11.6 Å². The van der Waals surface area contributed by atoms with Crippen LogP contribution in [0.4, 0.5) is 0 Å². The standard InChI is InChI=1S/C9H10ClNO2/c1-13-9(12)8(11)6-4-2-3-5-7(6)10/h2-5,8H,11H2,1H3. The van der Waals surface area contributed by atoms with Gasteiger partial charge >= 0.3 is 5.97 Å². The average molecular weight is 200 g/mol. The van der Waals surface area contributed by atoms with Gasteiger partial charge in [0.1, 0.15) is 6.04 Å². The van der Waals surface area contributed by atoms with Crippen LogP contribution < -0.4 is 5.73 Å². The summed E-state index contributed by atoms with van der Waals surface area (Å²) >= 11 is 5.83. The van der Waals surface area contributed by atoms with E-state index in [1.807, 2.05) is 0 Å². The molecule has 0 aliphatic carbocycles. The Hall–Kier alpha value is -1.06. The lowest BCUT2D eigenvalue weighted by Gasteiger charge is -2.10. The van der Waals surface area contributed by atoms with E-state index in [4.69, 9.17) is 17.3 Å². The number of carbonyl (C=O) groups is 1. The quantitative estimate of drug-likeness (QED) is 0.735. The summed E-state index contributed by atoms with van der Waals surface area (Å²) in [5, 5.41) is 0.473. The van der Waals surface area contributed by atoms with Crippen LogP contribution in [-0.2, 0) is 9.53 Å². The molecule has 0 radical (unpaired) electrons. The first-order valence-electron chi connectivity index (χ1n) is 3.74. The van der Waals surface area contributed by atoms with Crippen LogP contribution in [0, 0.1) is 0 Å². The van der Waals surface area contributed by atoms with Crippen LogP contribution in [0.25, 0.3) is 0 Å². The van der Waals surface area contributed by atoms with Crippen molar-refractivity contribution in [3.05, 3.63) is 34.9 Å². The molecule has 70 valence electrons. The minimum atomic E-state index is -0.807. The summed E-state index contributed by atoms with van der Waals surface area (Å²) in [4.78, 5) is 11.1. The van der Waals surface area contributed by atoms with Gasteiger partial charge in [0.15, 0.2) is 0 Å². The van der Waals surface area contributed by atoms with E-state index in [2.05, 4.69) is 4.74 Å². The van der Waals surface area contributed by atoms with Gasteiger partial charge in [0.2, 0.25) is 0 Å². The normalized spacial score (nSPS) is 12.2. The van der Waals surface area contributed by atoms with Crippen molar-refractivity contribution in [2.45, 2.75) is 6.04 Å². The lowest BCUT2D eigenvalue weighted by Crippen LogP contribution is -2.22. The van der Waals surface area contributed by atoms with E-state index in [0.717, 1.165) is 0 Å². The fourth-order valence-electron chi connectivity index (χ4n) is 0.981. The maximum absolute atomic E-state index is 11.1. The van der Waals surface area contributed by atoms with Crippen molar-refractivity contribution < 1.29 is 9.53 Å². The second kappa shape index (κ2) is 4.25. The number of methoxy groups -OCH3 is 1. The molecule has 0 spiro atoms. The van der Waals surface area contributed by atoms with Crippen molar-refractivity contribution >= 4 is 17.6 Å². The summed E-state index contributed by atoms with van der Waals surface area (Å²) in [6.45, 7) is 0. The number of esters is 1. The second-order valence-corrected chi connectivity index (χ2v) is 2.93. The van der Waals surface area contributed by atoms with Gasteiger partial charge in [0.05, 0.1) is 7.11 Å². The second-order valence-electron chi connectivity index (χ2n) is 2.52. The summed E-state index contributed by atoms with van der Waals surface area (Å²) in [5.41, 5.74) is 6.17. The first-order chi connectivity index (χ1) is 6.16. The topological polar surface area (TPSA) is 52.3 Å². The van der Waals surface area contributed by atoms with Gasteiger partial charge < -0.3 is 10.5 Å². The van der Waals surface area contributed by atoms with E-state index in [-0.39, 0.29) is 0 Å². The fourth-order valence-corrected chi connectivity index (χ4v) is 1.23. The van der Waals surface area contributed by atoms with E-state index >= 15 is 0 Å². The molecule has 2 N–H and O–H groups in total. The zero-order valence-electron chi connectivity index (χ0n) is 7.16. The van der Waals surface area contributed by atoms with E-state index in [0.29, 0.717) is 10.6 Å². The van der Waals surface area contributed by atoms with Crippen molar-refractivity contribution in [2.24, 2.45) is 5.73 Å². The third kappa shape index (κ3) is 2.20. The number of hydrogen-bond donors (Lipinski definition) is 1. The average Bonchev–Trinajstić information content (AvgIpc) is 2.16. The zero-order valence-corrected chi connectivity index (χ0v) is 7.91. The van der Waals surface area contributed by atoms with Gasteiger partial charge in [-0.3, -0.25) is 4.79 Å². The SMILES string of the molecule is COC(=O)C(N)c1ccccc1Cl. The zero-order chi connectivity index (χ0) is 9.84. The molecular weight excluding hydrogens is 190 g/mol. The molecular formula is C9H10ClNO2. The fraction of sp³-hybridized carbons (Fsp3) is 0.222. The Morgan fingerprint density at radius 1 is 1.54 bits per heavy atom. The number of hydrogen-bond acceptors (Lipinski definition) is 3. The Bertz CT molecular complexity index is 314. The number of halogens is 1. The summed E-state index contributed by atoms with van der Waals surface area (Å²) in [6, 6.07) is 6.11. The molecule has 4 heteroatoms. The molecule has 1 atom stereocenters. The first-order valence-corrected chi connectivity index (χ1v) is 4.12.